The first-order chi connectivity index (χ1) is 11.2. The van der Waals surface area contributed by atoms with Gasteiger partial charge in [-0.2, -0.15) is 0 Å². The average molecular weight is 314 g/mol. The molecule has 4 heteroatoms. The van der Waals surface area contributed by atoms with Crippen LogP contribution in [-0.4, -0.2) is 22.7 Å². The van der Waals surface area contributed by atoms with Gasteiger partial charge in [0, 0.05) is 19.2 Å². The Morgan fingerprint density at radius 2 is 1.91 bits per heavy atom. The average Bonchev–Trinajstić information content (AvgIpc) is 3.04. The summed E-state index contributed by atoms with van der Waals surface area (Å²) >= 11 is 0. The molecule has 0 fully saturated rings. The lowest BCUT2D eigenvalue weighted by Gasteiger charge is -2.32. The molecule has 0 saturated heterocycles. The number of nitrogens with two attached hydrogens (primary N) is 1. The Morgan fingerprint density at radius 3 is 2.57 bits per heavy atom. The summed E-state index contributed by atoms with van der Waals surface area (Å²) in [5.41, 5.74) is 11.8. The van der Waals surface area contributed by atoms with Gasteiger partial charge in [-0.15, -0.1) is 0 Å². The van der Waals surface area contributed by atoms with Gasteiger partial charge in [0.25, 0.3) is 0 Å². The van der Waals surface area contributed by atoms with E-state index >= 15 is 0 Å². The number of benzene rings is 1. The molecule has 1 aromatic carbocycles. The van der Waals surface area contributed by atoms with Crippen molar-refractivity contribution in [3.05, 3.63) is 54.1 Å². The van der Waals surface area contributed by atoms with E-state index in [4.69, 9.17) is 5.73 Å². The second kappa shape index (κ2) is 8.73. The standard InChI is InChI=1S/C19H30N4/c1-3-19(4-2,17-9-6-5-7-10-17)12-8-14-22-23-15-18(11-13-20)21-16-23/h5-7,9-10,15-16,22H,3-4,8,11-14,20H2,1-2H3. The second-order valence-corrected chi connectivity index (χ2v) is 6.18. The molecule has 0 atom stereocenters. The van der Waals surface area contributed by atoms with Crippen molar-refractivity contribution < 1.29 is 0 Å². The second-order valence-electron chi connectivity index (χ2n) is 6.18. The van der Waals surface area contributed by atoms with Crippen molar-refractivity contribution in [2.24, 2.45) is 5.73 Å². The van der Waals surface area contributed by atoms with E-state index < -0.39 is 0 Å². The Kier molecular flexibility index (Phi) is 6.66. The molecule has 0 saturated carbocycles. The van der Waals surface area contributed by atoms with Gasteiger partial charge in [0.15, 0.2) is 0 Å². The molecular formula is C19H30N4. The van der Waals surface area contributed by atoms with E-state index in [9.17, 15) is 0 Å². The first-order valence-electron chi connectivity index (χ1n) is 8.76. The van der Waals surface area contributed by atoms with Crippen LogP contribution in [0.2, 0.25) is 0 Å². The highest BCUT2D eigenvalue weighted by Crippen LogP contribution is 2.36. The van der Waals surface area contributed by atoms with Crippen molar-refractivity contribution >= 4 is 0 Å². The molecule has 1 heterocycles. The molecule has 2 rings (SSSR count). The summed E-state index contributed by atoms with van der Waals surface area (Å²) in [4.78, 5) is 4.33. The van der Waals surface area contributed by atoms with Crippen molar-refractivity contribution in [2.75, 3.05) is 18.5 Å². The van der Waals surface area contributed by atoms with Gasteiger partial charge in [-0.25, -0.2) is 4.98 Å². The third-order valence-electron chi connectivity index (χ3n) is 4.90. The molecule has 2 aromatic rings. The molecule has 0 aliphatic carbocycles. The monoisotopic (exact) mass is 314 g/mol. The van der Waals surface area contributed by atoms with Crippen LogP contribution in [-0.2, 0) is 11.8 Å². The fourth-order valence-corrected chi connectivity index (χ4v) is 3.31. The van der Waals surface area contributed by atoms with Gasteiger partial charge in [-0.05, 0) is 43.2 Å². The van der Waals surface area contributed by atoms with Crippen LogP contribution < -0.4 is 11.2 Å². The number of nitrogens with one attached hydrogen (secondary N) is 1. The van der Waals surface area contributed by atoms with Gasteiger partial charge in [-0.1, -0.05) is 44.2 Å². The minimum Gasteiger partial charge on any atom is -0.330 e. The predicted molar refractivity (Wildman–Crippen MR) is 97.1 cm³/mol. The minimum atomic E-state index is 0.294. The molecule has 23 heavy (non-hydrogen) atoms. The van der Waals surface area contributed by atoms with E-state index in [-0.39, 0.29) is 0 Å². The summed E-state index contributed by atoms with van der Waals surface area (Å²) in [7, 11) is 0. The molecule has 0 bridgehead atoms. The highest BCUT2D eigenvalue weighted by Gasteiger charge is 2.27. The van der Waals surface area contributed by atoms with Crippen molar-refractivity contribution in [3.8, 4) is 0 Å². The van der Waals surface area contributed by atoms with Crippen molar-refractivity contribution in [2.45, 2.75) is 51.4 Å². The molecule has 4 nitrogen and oxygen atoms in total. The zero-order valence-electron chi connectivity index (χ0n) is 14.5. The van der Waals surface area contributed by atoms with Gasteiger partial charge in [0.1, 0.15) is 6.33 Å². The van der Waals surface area contributed by atoms with Crippen LogP contribution in [0.1, 0.15) is 50.8 Å². The molecule has 126 valence electrons. The number of nitrogens with zero attached hydrogens (tertiary/aromatic N) is 2. The smallest absolute Gasteiger partial charge is 0.114 e. The lowest BCUT2D eigenvalue weighted by atomic mass is 9.72. The Morgan fingerprint density at radius 1 is 1.17 bits per heavy atom. The quantitative estimate of drug-likeness (QED) is 0.660. The van der Waals surface area contributed by atoms with E-state index in [1.54, 1.807) is 0 Å². The molecule has 1 aromatic heterocycles. The number of hydrogen-bond donors (Lipinski definition) is 2. The molecule has 0 aliphatic rings. The van der Waals surface area contributed by atoms with Gasteiger partial charge in [0.2, 0.25) is 0 Å². The topological polar surface area (TPSA) is 55.9 Å². The third kappa shape index (κ3) is 4.58. The van der Waals surface area contributed by atoms with Crippen LogP contribution in [0, 0.1) is 0 Å². The lowest BCUT2D eigenvalue weighted by molar-refractivity contribution is 0.357. The number of aromatic nitrogens is 2. The van der Waals surface area contributed by atoms with E-state index in [0.717, 1.165) is 25.1 Å². The van der Waals surface area contributed by atoms with Gasteiger partial charge < -0.3 is 11.2 Å². The fourth-order valence-electron chi connectivity index (χ4n) is 3.31. The maximum Gasteiger partial charge on any atom is 0.114 e. The summed E-state index contributed by atoms with van der Waals surface area (Å²) in [5, 5.41) is 0. The Bertz CT molecular complexity index is 558. The summed E-state index contributed by atoms with van der Waals surface area (Å²) in [6.45, 7) is 6.20. The summed E-state index contributed by atoms with van der Waals surface area (Å²) in [5.74, 6) is 0. The molecule has 3 N–H and O–H groups in total. The van der Waals surface area contributed by atoms with Gasteiger partial charge in [0.05, 0.1) is 5.69 Å². The van der Waals surface area contributed by atoms with Crippen LogP contribution in [0.3, 0.4) is 0 Å². The normalized spacial score (nSPS) is 11.6. The van der Waals surface area contributed by atoms with Crippen molar-refractivity contribution in [1.82, 2.24) is 9.66 Å². The zero-order valence-corrected chi connectivity index (χ0v) is 14.5. The molecule has 0 unspecified atom stereocenters. The summed E-state index contributed by atoms with van der Waals surface area (Å²) in [6.07, 6.45) is 9.38. The first-order valence-corrected chi connectivity index (χ1v) is 8.76. The SMILES string of the molecule is CCC(CC)(CCCNn1cnc(CCN)c1)c1ccccc1. The van der Waals surface area contributed by atoms with Gasteiger partial charge >= 0.3 is 0 Å². The molecular weight excluding hydrogens is 284 g/mol. The Balaban J connectivity index is 1.87. The maximum atomic E-state index is 5.56. The predicted octanol–water partition coefficient (Wildman–Crippen LogP) is 3.47. The van der Waals surface area contributed by atoms with Crippen LogP contribution in [0.5, 0.6) is 0 Å². The molecule has 0 spiro atoms. The highest BCUT2D eigenvalue weighted by atomic mass is 15.4. The van der Waals surface area contributed by atoms with Crippen LogP contribution in [0.25, 0.3) is 0 Å². The van der Waals surface area contributed by atoms with Crippen LogP contribution in [0.15, 0.2) is 42.9 Å². The molecule has 0 amide bonds. The molecule has 0 aliphatic heterocycles. The highest BCUT2D eigenvalue weighted by molar-refractivity contribution is 5.25. The van der Waals surface area contributed by atoms with Gasteiger partial charge in [-0.3, -0.25) is 4.68 Å². The molecule has 0 radical (unpaired) electrons. The van der Waals surface area contributed by atoms with E-state index in [1.807, 2.05) is 17.2 Å². The first kappa shape index (κ1) is 17.5. The Labute approximate surface area is 140 Å². The minimum absolute atomic E-state index is 0.294. The van der Waals surface area contributed by atoms with Crippen molar-refractivity contribution in [1.29, 1.82) is 0 Å². The Hall–Kier alpha value is -1.81. The fraction of sp³-hybridized carbons (Fsp3) is 0.526. The van der Waals surface area contributed by atoms with E-state index in [1.165, 1.54) is 24.8 Å². The maximum absolute atomic E-state index is 5.56. The number of rotatable bonds is 10. The van der Waals surface area contributed by atoms with E-state index in [0.29, 0.717) is 12.0 Å². The number of imidazole rings is 1. The van der Waals surface area contributed by atoms with E-state index in [2.05, 4.69) is 54.6 Å². The third-order valence-corrected chi connectivity index (χ3v) is 4.90. The zero-order chi connectivity index (χ0) is 16.5. The summed E-state index contributed by atoms with van der Waals surface area (Å²) < 4.78 is 1.95. The number of hydrogen-bond acceptors (Lipinski definition) is 3. The summed E-state index contributed by atoms with van der Waals surface area (Å²) in [6, 6.07) is 10.9. The lowest BCUT2D eigenvalue weighted by Crippen LogP contribution is -2.26. The van der Waals surface area contributed by atoms with Crippen molar-refractivity contribution in [3.63, 3.8) is 0 Å². The van der Waals surface area contributed by atoms with Crippen LogP contribution >= 0.6 is 0 Å². The van der Waals surface area contributed by atoms with Crippen LogP contribution in [0.4, 0.5) is 0 Å². The largest absolute Gasteiger partial charge is 0.330 e.